The van der Waals surface area contributed by atoms with E-state index < -0.39 is 121 Å². The van der Waals surface area contributed by atoms with Crippen molar-refractivity contribution in [3.8, 4) is 0 Å². The van der Waals surface area contributed by atoms with Gasteiger partial charge in [-0.3, -0.25) is 38.4 Å². The van der Waals surface area contributed by atoms with E-state index in [0.29, 0.717) is 0 Å². The van der Waals surface area contributed by atoms with Crippen molar-refractivity contribution in [2.75, 3.05) is 40.4 Å². The predicted molar refractivity (Wildman–Crippen MR) is 271 cm³/mol. The molecule has 2 aliphatic heterocycles. The molecule has 10 atom stereocenters. The van der Waals surface area contributed by atoms with Crippen molar-refractivity contribution in [1.82, 2.24) is 41.7 Å². The minimum absolute atomic E-state index is 0.0458. The average molecular weight is 995 g/mol. The first-order valence-corrected chi connectivity index (χ1v) is 25.0. The van der Waals surface area contributed by atoms with Crippen LogP contribution in [-0.4, -0.2) is 144 Å². The summed E-state index contributed by atoms with van der Waals surface area (Å²) in [5, 5.41) is 36.5. The number of Topliss-reactive ketones (excluding diaryl/α,β-unsaturated/α-hetero) is 2. The van der Waals surface area contributed by atoms with Crippen LogP contribution in [0.5, 0.6) is 0 Å². The van der Waals surface area contributed by atoms with Crippen LogP contribution in [0.1, 0.15) is 111 Å². The fourth-order valence-corrected chi connectivity index (χ4v) is 9.52. The highest BCUT2D eigenvalue weighted by Crippen LogP contribution is 2.32. The van der Waals surface area contributed by atoms with Gasteiger partial charge in [-0.15, -0.1) is 0 Å². The summed E-state index contributed by atoms with van der Waals surface area (Å²) in [5.74, 6) is -5.28. The standard InChI is InChI=1S/C54H74N8O10/c1-31(2)47(59-49(67)41(29-63)55-7)53(71)61-27-35(22-43(61)51(69)57-33(5)37-16-11-9-12-17-37)24-45(65)39-20-15-21-40(26-39)46(66)25-36-23-44(52(70)58-34(6)38-18-13-10-14-19-38)62(28-36)54(72)48(32(3)4)60-50(68)42(30-64)56-8/h9-21,26,31-36,41-44,47-48,55-56,63-64H,22-25,27-30H2,1-8H3,(H,57,69)(H,58,70)(H,59,67)(H,60,68)/t33-,34-,35-,36-,41+,42+,43+,44+,47+,48+/m1/s1. The molecule has 3 aromatic carbocycles. The lowest BCUT2D eigenvalue weighted by Crippen LogP contribution is -2.58. The van der Waals surface area contributed by atoms with E-state index in [0.717, 1.165) is 11.1 Å². The molecule has 0 saturated carbocycles. The number of benzene rings is 3. The second-order valence-electron chi connectivity index (χ2n) is 19.8. The van der Waals surface area contributed by atoms with Gasteiger partial charge in [-0.25, -0.2) is 0 Å². The highest BCUT2D eigenvalue weighted by molar-refractivity contribution is 6.02. The van der Waals surface area contributed by atoms with Crippen molar-refractivity contribution < 1.29 is 48.6 Å². The molecule has 18 heteroatoms. The Morgan fingerprint density at radius 2 is 0.889 bits per heavy atom. The molecule has 2 heterocycles. The quantitative estimate of drug-likeness (QED) is 0.0603. The van der Waals surface area contributed by atoms with Gasteiger partial charge in [0.05, 0.1) is 25.3 Å². The predicted octanol–water partition coefficient (Wildman–Crippen LogP) is 2.46. The van der Waals surface area contributed by atoms with Gasteiger partial charge in [-0.05, 0) is 81.6 Å². The summed E-state index contributed by atoms with van der Waals surface area (Å²) in [7, 11) is 3.03. The topological polar surface area (TPSA) is 256 Å². The smallest absolute Gasteiger partial charge is 0.246 e. The number of carbonyl (C=O) groups is 8. The van der Waals surface area contributed by atoms with Crippen molar-refractivity contribution in [3.63, 3.8) is 0 Å². The summed E-state index contributed by atoms with van der Waals surface area (Å²) in [5.41, 5.74) is 2.23. The van der Waals surface area contributed by atoms with Crippen molar-refractivity contribution in [3.05, 3.63) is 107 Å². The number of carbonyl (C=O) groups excluding carboxylic acids is 8. The molecule has 2 fully saturated rings. The Morgan fingerprint density at radius 1 is 0.528 bits per heavy atom. The average Bonchev–Trinajstić information content (AvgIpc) is 4.00. The van der Waals surface area contributed by atoms with E-state index in [1.807, 2.05) is 74.5 Å². The zero-order chi connectivity index (χ0) is 52.8. The lowest BCUT2D eigenvalue weighted by Gasteiger charge is -2.31. The Labute approximate surface area is 422 Å². The van der Waals surface area contributed by atoms with Gasteiger partial charge in [0.1, 0.15) is 36.3 Å². The van der Waals surface area contributed by atoms with Gasteiger partial charge in [0.25, 0.3) is 0 Å². The number of nitrogens with zero attached hydrogens (tertiary/aromatic N) is 2. The number of hydrogen-bond acceptors (Lipinski definition) is 12. The van der Waals surface area contributed by atoms with Gasteiger partial charge in [-0.1, -0.05) is 107 Å². The maximum Gasteiger partial charge on any atom is 0.246 e. The largest absolute Gasteiger partial charge is 0.394 e. The maximum atomic E-state index is 14.4. The third-order valence-corrected chi connectivity index (χ3v) is 13.9. The molecule has 3 aromatic rings. The van der Waals surface area contributed by atoms with E-state index in [1.54, 1.807) is 45.9 Å². The lowest BCUT2D eigenvalue weighted by atomic mass is 9.92. The summed E-state index contributed by atoms with van der Waals surface area (Å²) in [6, 6.07) is 18.3. The van der Waals surface area contributed by atoms with E-state index in [-0.39, 0.29) is 61.5 Å². The summed E-state index contributed by atoms with van der Waals surface area (Å²) in [4.78, 5) is 114. The highest BCUT2D eigenvalue weighted by atomic mass is 16.3. The number of likely N-dealkylation sites (N-methyl/N-ethyl adjacent to an activating group) is 2. The number of hydrogen-bond donors (Lipinski definition) is 8. The van der Waals surface area contributed by atoms with E-state index in [2.05, 4.69) is 31.9 Å². The van der Waals surface area contributed by atoms with Gasteiger partial charge < -0.3 is 51.9 Å². The van der Waals surface area contributed by atoms with Crippen LogP contribution in [0.3, 0.4) is 0 Å². The van der Waals surface area contributed by atoms with Crippen LogP contribution in [0.2, 0.25) is 0 Å². The van der Waals surface area contributed by atoms with Crippen LogP contribution in [0.15, 0.2) is 84.9 Å². The van der Waals surface area contributed by atoms with Crippen molar-refractivity contribution in [1.29, 1.82) is 0 Å². The van der Waals surface area contributed by atoms with E-state index in [4.69, 9.17) is 0 Å². The van der Waals surface area contributed by atoms with Crippen LogP contribution < -0.4 is 31.9 Å². The number of ketones is 2. The number of rotatable bonds is 24. The number of nitrogens with one attached hydrogen (secondary N) is 6. The second-order valence-corrected chi connectivity index (χ2v) is 19.8. The Bertz CT molecular complexity index is 2200. The highest BCUT2D eigenvalue weighted by Gasteiger charge is 2.45. The van der Waals surface area contributed by atoms with Crippen molar-refractivity contribution in [2.45, 2.75) is 116 Å². The van der Waals surface area contributed by atoms with Gasteiger partial charge in [-0.2, -0.15) is 0 Å². The molecule has 0 aliphatic carbocycles. The Hall–Kier alpha value is -6.34. The van der Waals surface area contributed by atoms with E-state index in [1.165, 1.54) is 30.0 Å². The molecule has 8 N–H and O–H groups in total. The monoisotopic (exact) mass is 995 g/mol. The van der Waals surface area contributed by atoms with Crippen molar-refractivity contribution >= 4 is 47.0 Å². The fraction of sp³-hybridized carbons (Fsp3) is 0.519. The Kier molecular flexibility index (Phi) is 20.7. The molecular formula is C54H74N8O10. The van der Waals surface area contributed by atoms with Gasteiger partial charge in [0, 0.05) is 37.1 Å². The molecule has 0 aromatic heterocycles. The number of likely N-dealkylation sites (tertiary alicyclic amines) is 2. The first-order chi connectivity index (χ1) is 34.3. The normalized spacial score (nSPS) is 20.2. The molecule has 6 amide bonds. The molecule has 2 saturated heterocycles. The third kappa shape index (κ3) is 14.4. The molecule has 0 radical (unpaired) electrons. The Balaban J connectivity index is 1.33. The lowest BCUT2D eigenvalue weighted by molar-refractivity contribution is -0.143. The first kappa shape index (κ1) is 56.6. The molecule has 0 spiro atoms. The van der Waals surface area contributed by atoms with Gasteiger partial charge >= 0.3 is 0 Å². The zero-order valence-electron chi connectivity index (χ0n) is 42.7. The number of amides is 6. The minimum atomic E-state index is -1.04. The van der Waals surface area contributed by atoms with Crippen LogP contribution >= 0.6 is 0 Å². The summed E-state index contributed by atoms with van der Waals surface area (Å²) in [6.07, 6.45) is 0.214. The molecular weight excluding hydrogens is 921 g/mol. The SMILES string of the molecule is CN[C@@H](CO)C(=O)N[C@H](C(=O)N1C[C@@H](CC(=O)c2cccc(C(=O)C[C@H]3C[C@@H](C(=O)N[C@H](C)c4ccccc4)N(C(=O)[C@@H](NC(=O)[C@H](CO)NC)C(C)C)C3)c2)C[C@H]1C(=O)N[C@H](C)c1ccccc1)C(C)C. The third-order valence-electron chi connectivity index (χ3n) is 13.9. The zero-order valence-corrected chi connectivity index (χ0v) is 42.7. The molecule has 18 nitrogen and oxygen atoms in total. The van der Waals surface area contributed by atoms with Crippen molar-refractivity contribution in [2.24, 2.45) is 23.7 Å². The summed E-state index contributed by atoms with van der Waals surface area (Å²) >= 11 is 0. The Morgan fingerprint density at radius 3 is 1.21 bits per heavy atom. The molecule has 72 heavy (non-hydrogen) atoms. The molecule has 5 rings (SSSR count). The molecule has 0 unspecified atom stereocenters. The van der Waals surface area contributed by atoms with Crippen LogP contribution in [0, 0.1) is 23.7 Å². The number of aliphatic hydroxyl groups excluding tert-OH is 2. The van der Waals surface area contributed by atoms with Gasteiger partial charge in [0.15, 0.2) is 11.6 Å². The molecule has 0 bridgehead atoms. The first-order valence-electron chi connectivity index (χ1n) is 25.0. The summed E-state index contributed by atoms with van der Waals surface area (Å²) < 4.78 is 0. The fourth-order valence-electron chi connectivity index (χ4n) is 9.52. The number of aliphatic hydroxyl groups is 2. The van der Waals surface area contributed by atoms with Gasteiger partial charge in [0.2, 0.25) is 35.4 Å². The van der Waals surface area contributed by atoms with Crippen LogP contribution in [0.25, 0.3) is 0 Å². The second kappa shape index (κ2) is 26.4. The maximum absolute atomic E-state index is 14.4. The van der Waals surface area contributed by atoms with Crippen LogP contribution in [-0.2, 0) is 28.8 Å². The molecule has 2 aliphatic rings. The van der Waals surface area contributed by atoms with E-state index >= 15 is 0 Å². The van der Waals surface area contributed by atoms with Crippen LogP contribution in [0.4, 0.5) is 0 Å². The molecule has 390 valence electrons. The summed E-state index contributed by atoms with van der Waals surface area (Å²) in [6.45, 7) is 9.85. The van der Waals surface area contributed by atoms with E-state index in [9.17, 15) is 48.6 Å². The minimum Gasteiger partial charge on any atom is -0.394 e.